The lowest BCUT2D eigenvalue weighted by Crippen LogP contribution is -2.14. The van der Waals surface area contributed by atoms with Gasteiger partial charge in [-0.2, -0.15) is 5.10 Å². The van der Waals surface area contributed by atoms with Gasteiger partial charge in [-0.15, -0.1) is 0 Å². The number of rotatable bonds is 2. The van der Waals surface area contributed by atoms with E-state index in [1.807, 2.05) is 51.1 Å². The molecule has 0 atom stereocenters. The van der Waals surface area contributed by atoms with Crippen molar-refractivity contribution in [1.29, 1.82) is 0 Å². The Kier molecular flexibility index (Phi) is 2.95. The molecule has 0 fully saturated rings. The first-order chi connectivity index (χ1) is 8.45. The smallest absolute Gasteiger partial charge is 0.225 e. The van der Waals surface area contributed by atoms with E-state index in [9.17, 15) is 9.90 Å². The van der Waals surface area contributed by atoms with Crippen molar-refractivity contribution in [3.63, 3.8) is 0 Å². The molecule has 0 aliphatic heterocycles. The molecule has 1 heterocycles. The summed E-state index contributed by atoms with van der Waals surface area (Å²) in [7, 11) is 0. The molecular formula is C14H16N2O2. The van der Waals surface area contributed by atoms with E-state index in [0.29, 0.717) is 12.0 Å². The average Bonchev–Trinajstić information content (AvgIpc) is 2.67. The maximum Gasteiger partial charge on any atom is 0.225 e. The van der Waals surface area contributed by atoms with Gasteiger partial charge in [0.15, 0.2) is 6.29 Å². The highest BCUT2D eigenvalue weighted by Gasteiger charge is 2.26. The van der Waals surface area contributed by atoms with E-state index >= 15 is 0 Å². The topological polar surface area (TPSA) is 55.1 Å². The minimum atomic E-state index is -0.298. The highest BCUT2D eigenvalue weighted by atomic mass is 16.3. The van der Waals surface area contributed by atoms with Crippen LogP contribution < -0.4 is 0 Å². The zero-order chi connectivity index (χ0) is 13.3. The molecule has 0 saturated heterocycles. The zero-order valence-electron chi connectivity index (χ0n) is 10.7. The van der Waals surface area contributed by atoms with Gasteiger partial charge in [0.1, 0.15) is 5.56 Å². The average molecular weight is 244 g/mol. The Hall–Kier alpha value is -2.10. The SMILES string of the molecule is CC(C)(C)c1nn(-c2ccccc2)c(O)c1C=O. The molecule has 4 heteroatoms. The molecule has 1 N–H and O–H groups in total. The fraction of sp³-hybridized carbons (Fsp3) is 0.286. The summed E-state index contributed by atoms with van der Waals surface area (Å²) in [6.07, 6.45) is 0.655. The van der Waals surface area contributed by atoms with Crippen molar-refractivity contribution < 1.29 is 9.90 Å². The van der Waals surface area contributed by atoms with Gasteiger partial charge >= 0.3 is 0 Å². The van der Waals surface area contributed by atoms with Crippen molar-refractivity contribution in [3.8, 4) is 11.6 Å². The first kappa shape index (κ1) is 12.4. The number of carbonyl (C=O) groups is 1. The molecule has 0 radical (unpaired) electrons. The molecule has 2 rings (SSSR count). The van der Waals surface area contributed by atoms with E-state index in [-0.39, 0.29) is 16.9 Å². The first-order valence-electron chi connectivity index (χ1n) is 5.78. The number of para-hydroxylation sites is 1. The molecule has 0 aliphatic carbocycles. The van der Waals surface area contributed by atoms with E-state index in [1.165, 1.54) is 4.68 Å². The standard InChI is InChI=1S/C14H16N2O2/c1-14(2,3)12-11(9-17)13(18)16(15-12)10-7-5-4-6-8-10/h4-9,18H,1-3H3. The molecule has 0 unspecified atom stereocenters. The van der Waals surface area contributed by atoms with Crippen LogP contribution in [0.2, 0.25) is 0 Å². The summed E-state index contributed by atoms with van der Waals surface area (Å²) < 4.78 is 1.39. The number of aromatic hydroxyl groups is 1. The van der Waals surface area contributed by atoms with Crippen molar-refractivity contribution in [2.75, 3.05) is 0 Å². The van der Waals surface area contributed by atoms with Gasteiger partial charge in [0.05, 0.1) is 11.4 Å². The van der Waals surface area contributed by atoms with Crippen LogP contribution in [0, 0.1) is 0 Å². The van der Waals surface area contributed by atoms with Crippen LogP contribution >= 0.6 is 0 Å². The number of hydrogen-bond donors (Lipinski definition) is 1. The minimum Gasteiger partial charge on any atom is -0.493 e. The van der Waals surface area contributed by atoms with Gasteiger partial charge in [0.25, 0.3) is 0 Å². The van der Waals surface area contributed by atoms with Crippen LogP contribution in [0.5, 0.6) is 5.88 Å². The van der Waals surface area contributed by atoms with Crippen molar-refractivity contribution in [1.82, 2.24) is 9.78 Å². The van der Waals surface area contributed by atoms with Crippen LogP contribution in [0.3, 0.4) is 0 Å². The molecule has 0 aliphatic rings. The fourth-order valence-corrected chi connectivity index (χ4v) is 1.83. The Balaban J connectivity index is 2.65. The summed E-state index contributed by atoms with van der Waals surface area (Å²) in [4.78, 5) is 11.1. The van der Waals surface area contributed by atoms with Gasteiger partial charge in [-0.25, -0.2) is 4.68 Å². The Morgan fingerprint density at radius 2 is 1.83 bits per heavy atom. The number of hydrogen-bond acceptors (Lipinski definition) is 3. The molecule has 0 bridgehead atoms. The lowest BCUT2D eigenvalue weighted by molar-refractivity contribution is 0.111. The van der Waals surface area contributed by atoms with E-state index in [2.05, 4.69) is 5.10 Å². The molecule has 0 saturated carbocycles. The normalized spacial score (nSPS) is 11.5. The van der Waals surface area contributed by atoms with Crippen molar-refractivity contribution in [2.45, 2.75) is 26.2 Å². The van der Waals surface area contributed by atoms with Crippen LogP contribution in [0.1, 0.15) is 36.8 Å². The van der Waals surface area contributed by atoms with Gasteiger partial charge in [-0.3, -0.25) is 4.79 Å². The highest BCUT2D eigenvalue weighted by Crippen LogP contribution is 2.31. The molecule has 94 valence electrons. The van der Waals surface area contributed by atoms with Crippen molar-refractivity contribution in [2.24, 2.45) is 0 Å². The van der Waals surface area contributed by atoms with Gasteiger partial charge in [0.2, 0.25) is 5.88 Å². The van der Waals surface area contributed by atoms with Crippen LogP contribution in [-0.2, 0) is 5.41 Å². The van der Waals surface area contributed by atoms with E-state index in [4.69, 9.17) is 0 Å². The van der Waals surface area contributed by atoms with E-state index in [1.54, 1.807) is 0 Å². The molecular weight excluding hydrogens is 228 g/mol. The number of nitrogens with zero attached hydrogens (tertiary/aromatic N) is 2. The lowest BCUT2D eigenvalue weighted by Gasteiger charge is -2.15. The molecule has 1 aromatic heterocycles. The predicted molar refractivity (Wildman–Crippen MR) is 69.3 cm³/mol. The van der Waals surface area contributed by atoms with E-state index in [0.717, 1.165) is 5.69 Å². The maximum absolute atomic E-state index is 11.1. The second-order valence-corrected chi connectivity index (χ2v) is 5.20. The maximum atomic E-state index is 11.1. The highest BCUT2D eigenvalue weighted by molar-refractivity contribution is 5.81. The summed E-state index contributed by atoms with van der Waals surface area (Å²) in [5.41, 5.74) is 1.28. The second-order valence-electron chi connectivity index (χ2n) is 5.20. The second kappa shape index (κ2) is 4.29. The van der Waals surface area contributed by atoms with Crippen molar-refractivity contribution >= 4 is 6.29 Å². The predicted octanol–water partition coefficient (Wildman–Crippen LogP) is 2.69. The molecule has 0 spiro atoms. The monoisotopic (exact) mass is 244 g/mol. The first-order valence-corrected chi connectivity index (χ1v) is 5.78. The largest absolute Gasteiger partial charge is 0.493 e. The van der Waals surface area contributed by atoms with Crippen molar-refractivity contribution in [3.05, 3.63) is 41.6 Å². The van der Waals surface area contributed by atoms with Crippen LogP contribution in [0.25, 0.3) is 5.69 Å². The van der Waals surface area contributed by atoms with Gasteiger partial charge in [0, 0.05) is 5.41 Å². The fourth-order valence-electron chi connectivity index (χ4n) is 1.83. The molecule has 1 aromatic carbocycles. The third-order valence-corrected chi connectivity index (χ3v) is 2.73. The summed E-state index contributed by atoms with van der Waals surface area (Å²) >= 11 is 0. The minimum absolute atomic E-state index is 0.110. The van der Waals surface area contributed by atoms with E-state index < -0.39 is 0 Å². The van der Waals surface area contributed by atoms with Crippen LogP contribution in [-0.4, -0.2) is 21.2 Å². The molecule has 18 heavy (non-hydrogen) atoms. The van der Waals surface area contributed by atoms with Crippen LogP contribution in [0.4, 0.5) is 0 Å². The lowest BCUT2D eigenvalue weighted by atomic mass is 9.90. The Bertz CT molecular complexity index is 565. The Morgan fingerprint density at radius 3 is 2.28 bits per heavy atom. The zero-order valence-corrected chi connectivity index (χ0v) is 10.7. The quantitative estimate of drug-likeness (QED) is 0.826. The summed E-state index contributed by atoms with van der Waals surface area (Å²) in [6, 6.07) is 9.25. The third kappa shape index (κ3) is 2.01. The molecule has 4 nitrogen and oxygen atoms in total. The molecule has 0 amide bonds. The van der Waals surface area contributed by atoms with Crippen LogP contribution in [0.15, 0.2) is 30.3 Å². The Labute approximate surface area is 106 Å². The molecule has 2 aromatic rings. The Morgan fingerprint density at radius 1 is 1.22 bits per heavy atom. The van der Waals surface area contributed by atoms with Gasteiger partial charge < -0.3 is 5.11 Å². The number of carbonyl (C=O) groups excluding carboxylic acids is 1. The summed E-state index contributed by atoms with van der Waals surface area (Å²) in [5, 5.41) is 14.5. The summed E-state index contributed by atoms with van der Waals surface area (Å²) in [5.74, 6) is -0.110. The van der Waals surface area contributed by atoms with Gasteiger partial charge in [-0.05, 0) is 12.1 Å². The third-order valence-electron chi connectivity index (χ3n) is 2.73. The van der Waals surface area contributed by atoms with Gasteiger partial charge in [-0.1, -0.05) is 39.0 Å². The number of aromatic nitrogens is 2. The number of benzene rings is 1. The number of aldehydes is 1. The summed E-state index contributed by atoms with van der Waals surface area (Å²) in [6.45, 7) is 5.87.